The lowest BCUT2D eigenvalue weighted by molar-refractivity contribution is 0.407. The third-order valence-corrected chi connectivity index (χ3v) is 3.54. The number of phenolic OH excluding ortho intramolecular Hbond substituents is 1. The number of hydrogen-bond donors (Lipinski definition) is 2. The van der Waals surface area contributed by atoms with Crippen molar-refractivity contribution in [2.45, 2.75) is 13.1 Å². The van der Waals surface area contributed by atoms with Gasteiger partial charge in [0.05, 0.1) is 7.11 Å². The van der Waals surface area contributed by atoms with Crippen LogP contribution in [0.1, 0.15) is 11.1 Å². The summed E-state index contributed by atoms with van der Waals surface area (Å²) in [5.41, 5.74) is 1.63. The van der Waals surface area contributed by atoms with Gasteiger partial charge in [-0.1, -0.05) is 29.3 Å². The molecule has 0 amide bonds. The van der Waals surface area contributed by atoms with Crippen LogP contribution < -0.4 is 10.1 Å². The van der Waals surface area contributed by atoms with Crippen molar-refractivity contribution in [2.24, 2.45) is 0 Å². The van der Waals surface area contributed by atoms with Gasteiger partial charge in [-0.2, -0.15) is 0 Å². The van der Waals surface area contributed by atoms with Gasteiger partial charge in [0.25, 0.3) is 0 Å². The fourth-order valence-electron chi connectivity index (χ4n) is 1.92. The summed E-state index contributed by atoms with van der Waals surface area (Å²) in [6.45, 7) is 1.02. The molecule has 2 rings (SSSR count). The van der Waals surface area contributed by atoms with Gasteiger partial charge in [-0.15, -0.1) is 0 Å². The van der Waals surface area contributed by atoms with E-state index in [0.717, 1.165) is 16.9 Å². The molecule has 0 unspecified atom stereocenters. The predicted molar refractivity (Wildman–Crippen MR) is 81.7 cm³/mol. The molecule has 0 aliphatic carbocycles. The molecule has 0 radical (unpaired) electrons. The van der Waals surface area contributed by atoms with Crippen LogP contribution in [0.4, 0.5) is 0 Å². The second-order valence-corrected chi connectivity index (χ2v) is 5.14. The number of nitrogens with one attached hydrogen (secondary N) is 1. The molecule has 2 aromatic carbocycles. The van der Waals surface area contributed by atoms with Gasteiger partial charge < -0.3 is 15.2 Å². The summed E-state index contributed by atoms with van der Waals surface area (Å²) >= 11 is 12.1. The average molecular weight is 312 g/mol. The molecule has 20 heavy (non-hydrogen) atoms. The summed E-state index contributed by atoms with van der Waals surface area (Å²) in [4.78, 5) is 0. The maximum absolute atomic E-state index is 9.74. The number of aromatic hydroxyl groups is 1. The van der Waals surface area contributed by atoms with Crippen molar-refractivity contribution in [3.05, 3.63) is 57.6 Å². The summed E-state index contributed by atoms with van der Waals surface area (Å²) < 4.78 is 5.28. The van der Waals surface area contributed by atoms with E-state index in [4.69, 9.17) is 27.9 Å². The van der Waals surface area contributed by atoms with Gasteiger partial charge >= 0.3 is 0 Å². The lowest BCUT2D eigenvalue weighted by Gasteiger charge is -2.12. The Balaban J connectivity index is 2.05. The zero-order chi connectivity index (χ0) is 14.5. The Morgan fingerprint density at radius 2 is 1.95 bits per heavy atom. The van der Waals surface area contributed by atoms with E-state index in [9.17, 15) is 5.11 Å². The van der Waals surface area contributed by atoms with Crippen molar-refractivity contribution in [1.82, 2.24) is 5.32 Å². The van der Waals surface area contributed by atoms with Crippen LogP contribution in [-0.4, -0.2) is 12.2 Å². The van der Waals surface area contributed by atoms with Crippen molar-refractivity contribution in [2.75, 3.05) is 7.11 Å². The first kappa shape index (κ1) is 15.0. The highest BCUT2D eigenvalue weighted by Crippen LogP contribution is 2.26. The number of hydrogen-bond acceptors (Lipinski definition) is 3. The van der Waals surface area contributed by atoms with E-state index in [0.29, 0.717) is 23.1 Å². The summed E-state index contributed by atoms with van der Waals surface area (Å²) in [5, 5.41) is 14.2. The first-order chi connectivity index (χ1) is 9.61. The molecule has 2 aromatic rings. The fraction of sp³-hybridized carbons (Fsp3) is 0.200. The van der Waals surface area contributed by atoms with Gasteiger partial charge in [0.1, 0.15) is 11.5 Å². The minimum Gasteiger partial charge on any atom is -0.508 e. The summed E-state index contributed by atoms with van der Waals surface area (Å²) in [7, 11) is 1.61. The van der Waals surface area contributed by atoms with E-state index in [1.165, 1.54) is 0 Å². The molecular formula is C15H15Cl2NO2. The summed E-state index contributed by atoms with van der Waals surface area (Å²) in [5.74, 6) is 0.952. The van der Waals surface area contributed by atoms with Crippen molar-refractivity contribution in [1.29, 1.82) is 0 Å². The molecule has 3 nitrogen and oxygen atoms in total. The summed E-state index contributed by atoms with van der Waals surface area (Å²) in [6.07, 6.45) is 0. The topological polar surface area (TPSA) is 41.5 Å². The molecule has 106 valence electrons. The monoisotopic (exact) mass is 311 g/mol. The number of rotatable bonds is 5. The lowest BCUT2D eigenvalue weighted by Crippen LogP contribution is -2.14. The largest absolute Gasteiger partial charge is 0.508 e. The number of methoxy groups -OCH3 is 1. The standard InChI is InChI=1S/C15H15Cl2NO2/c1-20-15-4-2-3-13(17)12(15)9-18-8-10-7-11(16)5-6-14(10)19/h2-7,18-19H,8-9H2,1H3. The van der Waals surface area contributed by atoms with Crippen molar-refractivity contribution < 1.29 is 9.84 Å². The van der Waals surface area contributed by atoms with Crippen LogP contribution in [0.25, 0.3) is 0 Å². The van der Waals surface area contributed by atoms with Crippen molar-refractivity contribution >= 4 is 23.2 Å². The Kier molecular flexibility index (Phi) is 5.12. The van der Waals surface area contributed by atoms with Crippen LogP contribution in [0.2, 0.25) is 10.0 Å². The second-order valence-electron chi connectivity index (χ2n) is 4.30. The lowest BCUT2D eigenvalue weighted by atomic mass is 10.1. The third kappa shape index (κ3) is 3.57. The molecule has 5 heteroatoms. The van der Waals surface area contributed by atoms with Gasteiger partial charge in [0.2, 0.25) is 0 Å². The number of halogens is 2. The van der Waals surface area contributed by atoms with Crippen LogP contribution in [0.3, 0.4) is 0 Å². The van der Waals surface area contributed by atoms with Crippen LogP contribution >= 0.6 is 23.2 Å². The number of phenols is 1. The molecule has 0 bridgehead atoms. The van der Waals surface area contributed by atoms with E-state index >= 15 is 0 Å². The molecule has 0 aliphatic rings. The highest BCUT2D eigenvalue weighted by atomic mass is 35.5. The van der Waals surface area contributed by atoms with Gasteiger partial charge in [-0.3, -0.25) is 0 Å². The van der Waals surface area contributed by atoms with Crippen molar-refractivity contribution in [3.63, 3.8) is 0 Å². The minimum absolute atomic E-state index is 0.216. The van der Waals surface area contributed by atoms with Gasteiger partial charge in [0, 0.05) is 34.3 Å². The Morgan fingerprint density at radius 1 is 1.15 bits per heavy atom. The number of ether oxygens (including phenoxy) is 1. The second kappa shape index (κ2) is 6.84. The van der Waals surface area contributed by atoms with Gasteiger partial charge in [0.15, 0.2) is 0 Å². The molecular weight excluding hydrogens is 297 g/mol. The Hall–Kier alpha value is -1.42. The maximum atomic E-state index is 9.74. The van der Waals surface area contributed by atoms with E-state index in [2.05, 4.69) is 5.32 Å². The van der Waals surface area contributed by atoms with Crippen LogP contribution in [-0.2, 0) is 13.1 Å². The Morgan fingerprint density at radius 3 is 2.70 bits per heavy atom. The molecule has 0 fully saturated rings. The summed E-state index contributed by atoms with van der Waals surface area (Å²) in [6, 6.07) is 10.5. The molecule has 0 heterocycles. The SMILES string of the molecule is COc1cccc(Cl)c1CNCc1cc(Cl)ccc1O. The molecule has 0 spiro atoms. The molecule has 0 aliphatic heterocycles. The minimum atomic E-state index is 0.216. The highest BCUT2D eigenvalue weighted by molar-refractivity contribution is 6.31. The average Bonchev–Trinajstić information content (AvgIpc) is 2.44. The smallest absolute Gasteiger partial charge is 0.124 e. The van der Waals surface area contributed by atoms with E-state index in [1.807, 2.05) is 18.2 Å². The van der Waals surface area contributed by atoms with Crippen molar-refractivity contribution in [3.8, 4) is 11.5 Å². The highest BCUT2D eigenvalue weighted by Gasteiger charge is 2.08. The van der Waals surface area contributed by atoms with E-state index in [1.54, 1.807) is 25.3 Å². The zero-order valence-corrected chi connectivity index (χ0v) is 12.5. The molecule has 0 aromatic heterocycles. The first-order valence-corrected chi connectivity index (χ1v) is 6.87. The fourth-order valence-corrected chi connectivity index (χ4v) is 2.35. The van der Waals surface area contributed by atoms with Crippen LogP contribution in [0.5, 0.6) is 11.5 Å². The Labute approximate surface area is 128 Å². The maximum Gasteiger partial charge on any atom is 0.124 e. The zero-order valence-electron chi connectivity index (χ0n) is 11.0. The molecule has 2 N–H and O–H groups in total. The van der Waals surface area contributed by atoms with Crippen LogP contribution in [0, 0.1) is 0 Å². The van der Waals surface area contributed by atoms with Gasteiger partial charge in [-0.05, 0) is 30.3 Å². The number of benzene rings is 2. The van der Waals surface area contributed by atoms with E-state index < -0.39 is 0 Å². The first-order valence-electron chi connectivity index (χ1n) is 6.11. The predicted octanol–water partition coefficient (Wildman–Crippen LogP) is 4.00. The molecule has 0 saturated carbocycles. The normalized spacial score (nSPS) is 10.6. The Bertz CT molecular complexity index is 602. The quantitative estimate of drug-likeness (QED) is 0.877. The van der Waals surface area contributed by atoms with Crippen LogP contribution in [0.15, 0.2) is 36.4 Å². The third-order valence-electron chi connectivity index (χ3n) is 2.95. The molecule has 0 atom stereocenters. The van der Waals surface area contributed by atoms with E-state index in [-0.39, 0.29) is 5.75 Å². The molecule has 0 saturated heterocycles. The van der Waals surface area contributed by atoms with Gasteiger partial charge in [-0.25, -0.2) is 0 Å².